The Bertz CT molecular complexity index is 685. The maximum atomic E-state index is 12.2. The van der Waals surface area contributed by atoms with E-state index in [1.807, 2.05) is 31.2 Å². The van der Waals surface area contributed by atoms with Crippen molar-refractivity contribution in [3.63, 3.8) is 0 Å². The summed E-state index contributed by atoms with van der Waals surface area (Å²) in [5.41, 5.74) is 7.42. The van der Waals surface area contributed by atoms with Crippen LogP contribution in [-0.4, -0.2) is 19.9 Å². The molecule has 1 atom stereocenters. The molecule has 0 radical (unpaired) electrons. The van der Waals surface area contributed by atoms with Gasteiger partial charge in [0.05, 0.1) is 4.90 Å². The van der Waals surface area contributed by atoms with Gasteiger partial charge in [0.2, 0.25) is 10.0 Å². The highest BCUT2D eigenvalue weighted by molar-refractivity contribution is 7.89. The van der Waals surface area contributed by atoms with Gasteiger partial charge in [-0.05, 0) is 36.8 Å². The smallest absolute Gasteiger partial charge is 0.240 e. The summed E-state index contributed by atoms with van der Waals surface area (Å²) in [4.78, 5) is 4.39. The molecule has 2 aromatic rings. The van der Waals surface area contributed by atoms with E-state index < -0.39 is 10.0 Å². The summed E-state index contributed by atoms with van der Waals surface area (Å²) in [6.07, 6.45) is 2.24. The average molecular weight is 305 g/mol. The summed E-state index contributed by atoms with van der Waals surface area (Å²) in [6.45, 7) is 2.13. The molecule has 3 N–H and O–H groups in total. The van der Waals surface area contributed by atoms with Gasteiger partial charge in [-0.1, -0.05) is 18.2 Å². The Morgan fingerprint density at radius 1 is 1.24 bits per heavy atom. The van der Waals surface area contributed by atoms with Crippen molar-refractivity contribution in [3.8, 4) is 0 Å². The van der Waals surface area contributed by atoms with Crippen LogP contribution in [0, 0.1) is 0 Å². The zero-order chi connectivity index (χ0) is 15.3. The molecule has 112 valence electrons. The van der Waals surface area contributed by atoms with Crippen LogP contribution in [0.25, 0.3) is 0 Å². The van der Waals surface area contributed by atoms with Crippen LogP contribution in [0.3, 0.4) is 0 Å². The van der Waals surface area contributed by atoms with Crippen LogP contribution in [0.5, 0.6) is 0 Å². The van der Waals surface area contributed by atoms with Crippen molar-refractivity contribution in [1.82, 2.24) is 9.71 Å². The van der Waals surface area contributed by atoms with Gasteiger partial charge >= 0.3 is 0 Å². The molecule has 0 fully saturated rings. The Hall–Kier alpha value is -1.76. The number of nitrogens with zero attached hydrogens (tertiary/aromatic N) is 1. The summed E-state index contributed by atoms with van der Waals surface area (Å²) in [7, 11) is -3.52. The lowest BCUT2D eigenvalue weighted by Gasteiger charge is -2.10. The summed E-state index contributed by atoms with van der Waals surface area (Å²) < 4.78 is 27.0. The molecule has 5 nitrogen and oxygen atoms in total. The SMILES string of the molecule is CC(N)c1cccc(S(=O)(=O)NCCc2ccccn2)c1. The molecule has 1 aromatic heterocycles. The van der Waals surface area contributed by atoms with Crippen LogP contribution in [0.1, 0.15) is 24.2 Å². The fourth-order valence-electron chi connectivity index (χ4n) is 1.91. The van der Waals surface area contributed by atoms with Crippen molar-refractivity contribution in [2.45, 2.75) is 24.3 Å². The van der Waals surface area contributed by atoms with Crippen molar-refractivity contribution in [2.75, 3.05) is 6.54 Å². The summed E-state index contributed by atoms with van der Waals surface area (Å²) >= 11 is 0. The molecule has 0 aliphatic carbocycles. The van der Waals surface area contributed by atoms with E-state index in [9.17, 15) is 8.42 Å². The first-order valence-corrected chi connectivity index (χ1v) is 8.22. The average Bonchev–Trinajstić information content (AvgIpc) is 2.48. The Kier molecular flexibility index (Phi) is 5.06. The number of hydrogen-bond donors (Lipinski definition) is 2. The first kappa shape index (κ1) is 15.6. The van der Waals surface area contributed by atoms with Crippen LogP contribution in [0.2, 0.25) is 0 Å². The monoisotopic (exact) mass is 305 g/mol. The van der Waals surface area contributed by atoms with Crippen LogP contribution < -0.4 is 10.5 Å². The molecule has 1 heterocycles. The topological polar surface area (TPSA) is 85.1 Å². The van der Waals surface area contributed by atoms with E-state index in [-0.39, 0.29) is 10.9 Å². The van der Waals surface area contributed by atoms with Crippen molar-refractivity contribution >= 4 is 10.0 Å². The Morgan fingerprint density at radius 2 is 2.05 bits per heavy atom. The lowest BCUT2D eigenvalue weighted by atomic mass is 10.1. The maximum absolute atomic E-state index is 12.2. The summed E-state index contributed by atoms with van der Waals surface area (Å²) in [5.74, 6) is 0. The van der Waals surface area contributed by atoms with Gasteiger partial charge in [0.25, 0.3) is 0 Å². The second kappa shape index (κ2) is 6.80. The molecule has 0 aliphatic rings. The number of pyridine rings is 1. The van der Waals surface area contributed by atoms with Crippen molar-refractivity contribution < 1.29 is 8.42 Å². The van der Waals surface area contributed by atoms with E-state index >= 15 is 0 Å². The lowest BCUT2D eigenvalue weighted by Crippen LogP contribution is -2.26. The van der Waals surface area contributed by atoms with Crippen molar-refractivity contribution in [2.24, 2.45) is 5.73 Å². The Labute approximate surface area is 125 Å². The van der Waals surface area contributed by atoms with E-state index in [0.29, 0.717) is 13.0 Å². The standard InChI is InChI=1S/C15H19N3O2S/c1-12(16)13-5-4-7-15(11-13)21(19,20)18-10-8-14-6-2-3-9-17-14/h2-7,9,11-12,18H,8,10,16H2,1H3. The number of aromatic nitrogens is 1. The molecule has 0 bridgehead atoms. The van der Waals surface area contributed by atoms with Crippen LogP contribution in [0.4, 0.5) is 0 Å². The maximum Gasteiger partial charge on any atom is 0.240 e. The minimum Gasteiger partial charge on any atom is -0.324 e. The predicted octanol–water partition coefficient (Wildman–Crippen LogP) is 1.62. The third kappa shape index (κ3) is 4.35. The van der Waals surface area contributed by atoms with E-state index in [0.717, 1.165) is 11.3 Å². The van der Waals surface area contributed by atoms with E-state index in [1.165, 1.54) is 0 Å². The van der Waals surface area contributed by atoms with Gasteiger partial charge in [0.1, 0.15) is 0 Å². The molecule has 0 spiro atoms. The van der Waals surface area contributed by atoms with Crippen LogP contribution in [0.15, 0.2) is 53.6 Å². The van der Waals surface area contributed by atoms with Crippen molar-refractivity contribution in [1.29, 1.82) is 0 Å². The predicted molar refractivity (Wildman–Crippen MR) is 82.2 cm³/mol. The van der Waals surface area contributed by atoms with Gasteiger partial charge in [0, 0.05) is 30.9 Å². The summed E-state index contributed by atoms with van der Waals surface area (Å²) in [5, 5.41) is 0. The number of nitrogens with two attached hydrogens (primary N) is 1. The van der Waals surface area contributed by atoms with Crippen LogP contribution >= 0.6 is 0 Å². The largest absolute Gasteiger partial charge is 0.324 e. The van der Waals surface area contributed by atoms with Gasteiger partial charge in [-0.25, -0.2) is 13.1 Å². The Morgan fingerprint density at radius 3 is 2.71 bits per heavy atom. The number of hydrogen-bond acceptors (Lipinski definition) is 4. The lowest BCUT2D eigenvalue weighted by molar-refractivity contribution is 0.581. The van der Waals surface area contributed by atoms with E-state index in [2.05, 4.69) is 9.71 Å². The number of sulfonamides is 1. The highest BCUT2D eigenvalue weighted by Crippen LogP contribution is 2.15. The zero-order valence-corrected chi connectivity index (χ0v) is 12.7. The minimum atomic E-state index is -3.52. The first-order chi connectivity index (χ1) is 9.99. The van der Waals surface area contributed by atoms with Gasteiger partial charge in [-0.2, -0.15) is 0 Å². The zero-order valence-electron chi connectivity index (χ0n) is 11.9. The van der Waals surface area contributed by atoms with Gasteiger partial charge in [0.15, 0.2) is 0 Å². The number of benzene rings is 1. The highest BCUT2D eigenvalue weighted by Gasteiger charge is 2.14. The minimum absolute atomic E-state index is 0.200. The quantitative estimate of drug-likeness (QED) is 0.849. The highest BCUT2D eigenvalue weighted by atomic mass is 32.2. The molecule has 6 heteroatoms. The molecule has 2 rings (SSSR count). The molecular formula is C15H19N3O2S. The fraction of sp³-hybridized carbons (Fsp3) is 0.267. The summed E-state index contributed by atoms with van der Waals surface area (Å²) in [6, 6.07) is 12.1. The van der Waals surface area contributed by atoms with E-state index in [1.54, 1.807) is 24.4 Å². The molecule has 0 saturated carbocycles. The van der Waals surface area contributed by atoms with Crippen LogP contribution in [-0.2, 0) is 16.4 Å². The second-order valence-corrected chi connectivity index (χ2v) is 6.60. The number of nitrogens with one attached hydrogen (secondary N) is 1. The molecule has 1 aromatic carbocycles. The third-order valence-electron chi connectivity index (χ3n) is 3.09. The fourth-order valence-corrected chi connectivity index (χ4v) is 2.99. The normalized spacial score (nSPS) is 13.0. The molecule has 21 heavy (non-hydrogen) atoms. The van der Waals surface area contributed by atoms with Gasteiger partial charge < -0.3 is 5.73 Å². The number of rotatable bonds is 6. The first-order valence-electron chi connectivity index (χ1n) is 6.74. The second-order valence-electron chi connectivity index (χ2n) is 4.83. The van der Waals surface area contributed by atoms with Crippen molar-refractivity contribution in [3.05, 3.63) is 59.9 Å². The molecule has 0 aliphatic heterocycles. The molecule has 0 saturated heterocycles. The van der Waals surface area contributed by atoms with E-state index in [4.69, 9.17) is 5.73 Å². The van der Waals surface area contributed by atoms with Gasteiger partial charge in [-0.3, -0.25) is 4.98 Å². The Balaban J connectivity index is 2.03. The third-order valence-corrected chi connectivity index (χ3v) is 4.55. The van der Waals surface area contributed by atoms with Gasteiger partial charge in [-0.15, -0.1) is 0 Å². The molecule has 0 amide bonds. The molecule has 1 unspecified atom stereocenters. The molecular weight excluding hydrogens is 286 g/mol.